The van der Waals surface area contributed by atoms with Crippen LogP contribution in [0.15, 0.2) is 33.7 Å². The van der Waals surface area contributed by atoms with Crippen LogP contribution >= 0.6 is 0 Å². The molecule has 6 aliphatic rings. The summed E-state index contributed by atoms with van der Waals surface area (Å²) in [7, 11) is 0. The van der Waals surface area contributed by atoms with Crippen molar-refractivity contribution < 1.29 is 102 Å². The number of nitrogens with one attached hydrogen (secondary N) is 3. The number of amides is 3. The van der Waals surface area contributed by atoms with Crippen molar-refractivity contribution in [3.8, 4) is 12.3 Å². The molecule has 0 aromatic carbocycles. The highest BCUT2D eigenvalue weighted by Gasteiger charge is 2.64. The number of carboxylic acids is 2. The first-order chi connectivity index (χ1) is 39.8. The molecule has 2 saturated heterocycles. The summed E-state index contributed by atoms with van der Waals surface area (Å²) in [6, 6.07) is -3.93. The van der Waals surface area contributed by atoms with E-state index < -0.39 is 132 Å². The van der Waals surface area contributed by atoms with E-state index in [1.165, 1.54) is 11.0 Å². The van der Waals surface area contributed by atoms with Gasteiger partial charge in [-0.05, 0) is 50.7 Å². The Labute approximate surface area is 478 Å². The molecule has 32 heteroatoms. The molecule has 4 heterocycles. The van der Waals surface area contributed by atoms with Crippen LogP contribution < -0.4 is 44.6 Å². The minimum Gasteiger partial charge on any atom is -0.479 e. The maximum Gasteiger partial charge on any atom is 0.370 e. The molecule has 4 fully saturated rings. The summed E-state index contributed by atoms with van der Waals surface area (Å²) in [6.07, 6.45) is 1.98. The largest absolute Gasteiger partial charge is 0.479 e. The van der Waals surface area contributed by atoms with Gasteiger partial charge in [0, 0.05) is 26.2 Å². The Hall–Kier alpha value is -6.03. The summed E-state index contributed by atoms with van der Waals surface area (Å²) in [4.78, 5) is 74.7. The second-order valence-corrected chi connectivity index (χ2v) is 20.4. The maximum atomic E-state index is 13.8. The molecule has 0 aromatic heterocycles. The SMILES string of the molecule is C#CCOCCOCCOCCOCCC(=O)N(CCOCCNC(=O)C1(O[C@@H](C2OC(C(=O)O)=C[C@H](N=C(N)N)[C@H]2N)[C@H](O)CO)CC1)CCOCCNC(=O)C1(O[C@H]2C3OC(C(=O)O)=C[C@H](N=C(N)N)[C@H]3N[C@@H]3CC[C@]2(CO)O3)CC1. The van der Waals surface area contributed by atoms with E-state index in [9.17, 15) is 49.5 Å². The van der Waals surface area contributed by atoms with Crippen molar-refractivity contribution in [1.82, 2.24) is 20.9 Å². The van der Waals surface area contributed by atoms with Crippen LogP contribution in [-0.4, -0.2) is 268 Å². The molecule has 4 aliphatic heterocycles. The standard InChI is InChI=1S/C51H81N11O21/c1-2-14-73-20-22-77-24-25-78-23-21-74-15-4-36(66)62(12-18-75-16-10-57-45(71)49(6-7-49)82-39(32(65)28-63)40-37(52)30(59-47(53)54)26-33(79-40)43(67)68)13-19-76-17-11-58-46(72)50(8-9-50)83-42-41-38(61-35-3-5-51(42,29-64)81-35)31(60-48(55)56)27-34(80-41)44(69)70/h1,26-27,30-32,35,37-42,61,63-65H,3-25,28-29,52H2,(H,57,71)(H,58,72)(H,67,68)(H,69,70)(H4,53,54,59)(H4,55,56,60)/t30-,31-,32+,35-,37+,38+,39+,40?,41?,42-,51+/m0/s1. The van der Waals surface area contributed by atoms with E-state index in [0.717, 1.165) is 6.08 Å². The molecule has 466 valence electrons. The van der Waals surface area contributed by atoms with Gasteiger partial charge in [0.15, 0.2) is 11.9 Å². The lowest BCUT2D eigenvalue weighted by atomic mass is 9.82. The Kier molecular flexibility index (Phi) is 25.3. The smallest absolute Gasteiger partial charge is 0.370 e. The fourth-order valence-electron chi connectivity index (χ4n) is 9.81. The van der Waals surface area contributed by atoms with Crippen molar-refractivity contribution in [1.29, 1.82) is 0 Å². The summed E-state index contributed by atoms with van der Waals surface area (Å²) in [6.45, 7) is 1.27. The van der Waals surface area contributed by atoms with Gasteiger partial charge in [-0.3, -0.25) is 19.7 Å². The Morgan fingerprint density at radius 2 is 1.28 bits per heavy atom. The summed E-state index contributed by atoms with van der Waals surface area (Å²) in [5.41, 5.74) is 24.7. The number of hydrogen-bond donors (Lipinski definition) is 13. The number of aliphatic hydroxyl groups is 3. The first-order valence-corrected chi connectivity index (χ1v) is 27.4. The number of carbonyl (C=O) groups is 5. The van der Waals surface area contributed by atoms with Crippen LogP contribution in [-0.2, 0) is 76.1 Å². The number of terminal acetylenes is 1. The van der Waals surface area contributed by atoms with E-state index in [1.807, 2.05) is 0 Å². The van der Waals surface area contributed by atoms with Crippen molar-refractivity contribution >= 4 is 41.6 Å². The minimum absolute atomic E-state index is 0.000680. The van der Waals surface area contributed by atoms with E-state index in [1.54, 1.807) is 0 Å². The van der Waals surface area contributed by atoms with Crippen molar-refractivity contribution in [2.24, 2.45) is 38.7 Å². The zero-order chi connectivity index (χ0) is 60.2. The van der Waals surface area contributed by atoms with Gasteiger partial charge in [0.1, 0.15) is 60.2 Å². The van der Waals surface area contributed by atoms with Gasteiger partial charge < -0.3 is 122 Å². The maximum absolute atomic E-state index is 13.8. The highest BCUT2D eigenvalue weighted by atomic mass is 16.6. The van der Waals surface area contributed by atoms with Crippen LogP contribution in [0.5, 0.6) is 0 Å². The van der Waals surface area contributed by atoms with Gasteiger partial charge in [-0.1, -0.05) is 5.92 Å². The van der Waals surface area contributed by atoms with Gasteiger partial charge in [0.25, 0.3) is 11.8 Å². The molecule has 83 heavy (non-hydrogen) atoms. The normalized spacial score (nSPS) is 26.8. The van der Waals surface area contributed by atoms with E-state index in [0.29, 0.717) is 52.1 Å². The highest BCUT2D eigenvalue weighted by molar-refractivity contribution is 5.89. The number of nitrogens with zero attached hydrogens (tertiary/aromatic N) is 3. The Morgan fingerprint density at radius 3 is 1.82 bits per heavy atom. The van der Waals surface area contributed by atoms with E-state index in [2.05, 4.69) is 31.9 Å². The molecule has 6 rings (SSSR count). The molecular formula is C51H81N11O21. The molecule has 0 radical (unpaired) electrons. The van der Waals surface area contributed by atoms with Crippen molar-refractivity contribution in [2.45, 2.75) is 123 Å². The topological polar surface area (TPSA) is 482 Å². The number of carbonyl (C=O) groups excluding carboxylic acids is 3. The summed E-state index contributed by atoms with van der Waals surface area (Å²) >= 11 is 0. The lowest BCUT2D eigenvalue weighted by Gasteiger charge is -2.44. The molecular weight excluding hydrogens is 1100 g/mol. The molecule has 0 aromatic rings. The van der Waals surface area contributed by atoms with Crippen molar-refractivity contribution in [2.75, 3.05) is 119 Å². The lowest BCUT2D eigenvalue weighted by molar-refractivity contribution is -0.207. The van der Waals surface area contributed by atoms with Crippen molar-refractivity contribution in [3.05, 3.63) is 23.7 Å². The van der Waals surface area contributed by atoms with Gasteiger partial charge in [-0.15, -0.1) is 6.42 Å². The van der Waals surface area contributed by atoms with Gasteiger partial charge >= 0.3 is 11.9 Å². The Balaban J connectivity index is 0.973. The third kappa shape index (κ3) is 18.7. The van der Waals surface area contributed by atoms with Gasteiger partial charge in [-0.2, -0.15) is 0 Å². The second-order valence-electron chi connectivity index (χ2n) is 20.4. The number of aliphatic imine (C=N–C) groups is 2. The average molecular weight is 1180 g/mol. The molecule has 2 saturated carbocycles. The van der Waals surface area contributed by atoms with Gasteiger partial charge in [-0.25, -0.2) is 19.6 Å². The van der Waals surface area contributed by atoms with Crippen LogP contribution in [0.1, 0.15) is 44.9 Å². The van der Waals surface area contributed by atoms with Crippen LogP contribution in [0.4, 0.5) is 0 Å². The zero-order valence-electron chi connectivity index (χ0n) is 46.2. The quantitative estimate of drug-likeness (QED) is 0.0118. The summed E-state index contributed by atoms with van der Waals surface area (Å²) < 4.78 is 63.9. The number of nitrogens with two attached hydrogens (primary N) is 5. The fraction of sp³-hybridized carbons (Fsp3) is 0.745. The second kappa shape index (κ2) is 31.7. The van der Waals surface area contributed by atoms with Crippen LogP contribution in [0.3, 0.4) is 0 Å². The predicted octanol–water partition coefficient (Wildman–Crippen LogP) is -6.46. The number of aliphatic hydroxyl groups excluding tert-OH is 3. The molecule has 2 aliphatic carbocycles. The number of carboxylic acid groups (broad SMARTS) is 2. The third-order valence-corrected chi connectivity index (χ3v) is 14.4. The summed E-state index contributed by atoms with van der Waals surface area (Å²) in [5, 5.41) is 60.0. The Bertz CT molecular complexity index is 2340. The van der Waals surface area contributed by atoms with Crippen LogP contribution in [0, 0.1) is 12.3 Å². The van der Waals surface area contributed by atoms with Crippen LogP contribution in [0.2, 0.25) is 0 Å². The Morgan fingerprint density at radius 1 is 0.747 bits per heavy atom. The van der Waals surface area contributed by atoms with E-state index in [4.69, 9.17) is 87.2 Å². The number of ether oxygens (including phenoxy) is 11. The minimum atomic E-state index is -1.66. The highest BCUT2D eigenvalue weighted by Crippen LogP contribution is 2.49. The summed E-state index contributed by atoms with van der Waals surface area (Å²) in [5.74, 6) is -3.49. The number of rotatable bonds is 39. The molecule has 3 amide bonds. The molecule has 2 unspecified atom stereocenters. The fourth-order valence-corrected chi connectivity index (χ4v) is 9.81. The molecule has 0 spiro atoms. The third-order valence-electron chi connectivity index (χ3n) is 14.4. The average Bonchev–Trinajstić information content (AvgIpc) is 3.55. The van der Waals surface area contributed by atoms with E-state index >= 15 is 0 Å². The van der Waals surface area contributed by atoms with Gasteiger partial charge in [0.05, 0.1) is 116 Å². The van der Waals surface area contributed by atoms with Gasteiger partial charge in [0.2, 0.25) is 17.4 Å². The first kappa shape index (κ1) is 66.1. The zero-order valence-corrected chi connectivity index (χ0v) is 46.2. The number of aliphatic carboxylic acids is 2. The number of hydrogen-bond acceptors (Lipinski definition) is 23. The van der Waals surface area contributed by atoms with Crippen molar-refractivity contribution in [3.63, 3.8) is 0 Å². The monoisotopic (exact) mass is 1180 g/mol. The first-order valence-electron chi connectivity index (χ1n) is 27.4. The number of fused-ring (bicyclic) bond motifs is 3. The number of guanidine groups is 2. The van der Waals surface area contributed by atoms with Crippen LogP contribution in [0.25, 0.3) is 0 Å². The molecule has 18 N–H and O–H groups in total. The predicted molar refractivity (Wildman–Crippen MR) is 287 cm³/mol. The lowest BCUT2D eigenvalue weighted by Crippen LogP contribution is -2.63. The molecule has 2 bridgehead atoms. The molecule has 32 nitrogen and oxygen atoms in total. The molecule has 11 atom stereocenters. The van der Waals surface area contributed by atoms with E-state index in [-0.39, 0.29) is 110 Å².